The second-order valence-electron chi connectivity index (χ2n) is 22.3. The van der Waals surface area contributed by atoms with Crippen LogP contribution in [-0.4, -0.2) is 97.7 Å². The molecule has 1 amide bonds. The van der Waals surface area contributed by atoms with Gasteiger partial charge in [-0.15, -0.1) is 0 Å². The largest absolute Gasteiger partial charge is 0.465 e. The summed E-state index contributed by atoms with van der Waals surface area (Å²) in [5.74, 6) is -0.987. The zero-order chi connectivity index (χ0) is 54.0. The highest BCUT2D eigenvalue weighted by Crippen LogP contribution is 2.20. The lowest BCUT2D eigenvalue weighted by Gasteiger charge is -2.28. The predicted octanol–water partition coefficient (Wildman–Crippen LogP) is 16.5. The van der Waals surface area contributed by atoms with Crippen LogP contribution < -0.4 is 0 Å². The Morgan fingerprint density at radius 1 is 0.392 bits per heavy atom. The van der Waals surface area contributed by atoms with E-state index < -0.39 is 0 Å². The van der Waals surface area contributed by atoms with E-state index in [0.717, 1.165) is 142 Å². The van der Waals surface area contributed by atoms with Gasteiger partial charge in [-0.25, -0.2) is 0 Å². The van der Waals surface area contributed by atoms with Crippen LogP contribution >= 0.6 is 0 Å². The third kappa shape index (κ3) is 42.4. The molecule has 1 aliphatic rings. The van der Waals surface area contributed by atoms with E-state index in [4.69, 9.17) is 18.9 Å². The smallest absolute Gasteiger partial charge is 0.306 e. The summed E-state index contributed by atoms with van der Waals surface area (Å²) in [6.07, 6.45) is 41.9. The fourth-order valence-electron chi connectivity index (χ4n) is 10.2. The zero-order valence-corrected chi connectivity index (χ0v) is 49.2. The average molecular weight is 1050 g/mol. The number of carbonyl (C=O) groups is 5. The van der Waals surface area contributed by atoms with Crippen LogP contribution in [0.4, 0.5) is 0 Å². The molecular formula is C63H118N2O9. The van der Waals surface area contributed by atoms with Crippen molar-refractivity contribution in [1.82, 2.24) is 9.80 Å². The van der Waals surface area contributed by atoms with Gasteiger partial charge in [0.25, 0.3) is 0 Å². The van der Waals surface area contributed by atoms with E-state index in [9.17, 15) is 24.0 Å². The van der Waals surface area contributed by atoms with Crippen molar-refractivity contribution in [1.29, 1.82) is 0 Å². The van der Waals surface area contributed by atoms with Gasteiger partial charge in [-0.05, 0) is 129 Å². The number of esters is 4. The van der Waals surface area contributed by atoms with E-state index in [1.54, 1.807) is 0 Å². The molecule has 0 saturated carbocycles. The van der Waals surface area contributed by atoms with Crippen LogP contribution in [0.5, 0.6) is 0 Å². The van der Waals surface area contributed by atoms with Gasteiger partial charge in [0.05, 0.1) is 13.2 Å². The highest BCUT2D eigenvalue weighted by atomic mass is 16.6. The number of unbranched alkanes of at least 4 members (excludes halogenated alkanes) is 24. The lowest BCUT2D eigenvalue weighted by atomic mass is 10.0. The SMILES string of the molecule is CCCCCCCCC(=O)N(CCCCN1CCCC1)CC(COC(=O)CCCCCCC(=O)OC(CCCCCC)CCCCCC)COC(=O)CCCCCCC(=O)OC(CCCCCC)CCCCCC. The molecule has 0 bridgehead atoms. The molecular weight excluding hydrogens is 929 g/mol. The molecule has 11 heteroatoms. The fraction of sp³-hybridized carbons (Fsp3) is 0.921. The first-order valence-corrected chi connectivity index (χ1v) is 31.9. The number of hydrogen-bond donors (Lipinski definition) is 0. The Kier molecular flexibility index (Phi) is 47.9. The van der Waals surface area contributed by atoms with Crippen molar-refractivity contribution in [3.63, 3.8) is 0 Å². The van der Waals surface area contributed by atoms with E-state index >= 15 is 0 Å². The monoisotopic (exact) mass is 1050 g/mol. The molecule has 1 rings (SSSR count). The van der Waals surface area contributed by atoms with E-state index in [1.807, 2.05) is 4.90 Å². The number of nitrogens with zero attached hydrogens (tertiary/aromatic N) is 2. The van der Waals surface area contributed by atoms with Crippen LogP contribution in [-0.2, 0) is 42.9 Å². The van der Waals surface area contributed by atoms with Gasteiger partial charge >= 0.3 is 23.9 Å². The Bertz CT molecular complexity index is 1250. The Hall–Kier alpha value is -2.69. The molecule has 0 N–H and O–H groups in total. The molecule has 0 radical (unpaired) electrons. The van der Waals surface area contributed by atoms with Crippen LogP contribution in [0.2, 0.25) is 0 Å². The number of ether oxygens (including phenoxy) is 4. The van der Waals surface area contributed by atoms with Crippen molar-refractivity contribution in [2.75, 3.05) is 45.9 Å². The molecule has 0 aromatic heterocycles. The first kappa shape index (κ1) is 69.3. The van der Waals surface area contributed by atoms with Crippen molar-refractivity contribution in [3.05, 3.63) is 0 Å². The van der Waals surface area contributed by atoms with Gasteiger partial charge in [-0.1, -0.05) is 169 Å². The summed E-state index contributed by atoms with van der Waals surface area (Å²) >= 11 is 0. The Morgan fingerprint density at radius 2 is 0.730 bits per heavy atom. The van der Waals surface area contributed by atoms with Gasteiger partial charge in [0.15, 0.2) is 0 Å². The summed E-state index contributed by atoms with van der Waals surface area (Å²) in [6, 6.07) is 0. The quantitative estimate of drug-likeness (QED) is 0.0330. The molecule has 0 aliphatic carbocycles. The maximum atomic E-state index is 13.8. The summed E-state index contributed by atoms with van der Waals surface area (Å²) < 4.78 is 23.7. The number of amides is 1. The van der Waals surface area contributed by atoms with E-state index in [1.165, 1.54) is 109 Å². The van der Waals surface area contributed by atoms with Crippen LogP contribution in [0, 0.1) is 5.92 Å². The minimum atomic E-state index is -0.337. The fourth-order valence-corrected chi connectivity index (χ4v) is 10.2. The number of rotatable bonds is 54. The van der Waals surface area contributed by atoms with Gasteiger partial charge in [-0.2, -0.15) is 0 Å². The van der Waals surface area contributed by atoms with Crippen LogP contribution in [0.3, 0.4) is 0 Å². The van der Waals surface area contributed by atoms with E-state index in [0.29, 0.717) is 45.2 Å². The predicted molar refractivity (Wildman–Crippen MR) is 305 cm³/mol. The van der Waals surface area contributed by atoms with Crippen molar-refractivity contribution in [2.24, 2.45) is 5.92 Å². The molecule has 434 valence electrons. The minimum absolute atomic E-state index is 0.0244. The number of hydrogen-bond acceptors (Lipinski definition) is 10. The standard InChI is InChI=1S/C63H118N2O9/c1-6-11-16-21-22-31-44-59(66)65(52-39-38-51-64-49-36-37-50-64)53-56(54-71-60(67)45-32-23-25-34-47-62(69)73-57(40-27-17-12-7-2)41-28-18-13-8-3)55-72-61(68)46-33-24-26-35-48-63(70)74-58(42-29-19-14-9-4)43-30-20-15-10-5/h56-58H,6-55H2,1-5H3. The van der Waals surface area contributed by atoms with E-state index in [2.05, 4.69) is 39.5 Å². The first-order valence-electron chi connectivity index (χ1n) is 31.9. The number of likely N-dealkylation sites (tertiary alicyclic amines) is 1. The maximum absolute atomic E-state index is 13.8. The second-order valence-corrected chi connectivity index (χ2v) is 22.3. The summed E-state index contributed by atoms with van der Waals surface area (Å²) in [7, 11) is 0. The highest BCUT2D eigenvalue weighted by molar-refractivity contribution is 5.76. The molecule has 11 nitrogen and oxygen atoms in total. The van der Waals surface area contributed by atoms with Gasteiger partial charge < -0.3 is 28.7 Å². The van der Waals surface area contributed by atoms with Gasteiger partial charge in [0.2, 0.25) is 5.91 Å². The Morgan fingerprint density at radius 3 is 1.12 bits per heavy atom. The molecule has 1 heterocycles. The van der Waals surface area contributed by atoms with Gasteiger partial charge in [-0.3, -0.25) is 24.0 Å². The summed E-state index contributed by atoms with van der Waals surface area (Å²) in [5, 5.41) is 0. The lowest BCUT2D eigenvalue weighted by molar-refractivity contribution is -0.151. The van der Waals surface area contributed by atoms with Crippen LogP contribution in [0.25, 0.3) is 0 Å². The molecule has 0 aromatic carbocycles. The normalized spacial score (nSPS) is 12.8. The zero-order valence-electron chi connectivity index (χ0n) is 49.2. The first-order chi connectivity index (χ1) is 36.1. The molecule has 1 fully saturated rings. The summed E-state index contributed by atoms with van der Waals surface area (Å²) in [6.45, 7) is 15.6. The average Bonchev–Trinajstić information content (AvgIpc) is 3.92. The Labute approximate surface area is 455 Å². The van der Waals surface area contributed by atoms with Gasteiger partial charge in [0, 0.05) is 51.1 Å². The molecule has 0 unspecified atom stereocenters. The summed E-state index contributed by atoms with van der Waals surface area (Å²) in [4.78, 5) is 70.2. The van der Waals surface area contributed by atoms with Crippen molar-refractivity contribution in [3.8, 4) is 0 Å². The second kappa shape index (κ2) is 51.1. The molecule has 74 heavy (non-hydrogen) atoms. The topological polar surface area (TPSA) is 129 Å². The van der Waals surface area contributed by atoms with Crippen molar-refractivity contribution >= 4 is 29.8 Å². The number of carbonyl (C=O) groups excluding carboxylic acids is 5. The molecule has 0 atom stereocenters. The van der Waals surface area contributed by atoms with Crippen molar-refractivity contribution in [2.45, 2.75) is 323 Å². The van der Waals surface area contributed by atoms with Crippen LogP contribution in [0.1, 0.15) is 311 Å². The highest BCUT2D eigenvalue weighted by Gasteiger charge is 2.23. The van der Waals surface area contributed by atoms with Crippen LogP contribution in [0.15, 0.2) is 0 Å². The Balaban J connectivity index is 2.76. The molecule has 0 spiro atoms. The third-order valence-electron chi connectivity index (χ3n) is 15.0. The van der Waals surface area contributed by atoms with Crippen molar-refractivity contribution < 1.29 is 42.9 Å². The minimum Gasteiger partial charge on any atom is -0.465 e. The van der Waals surface area contributed by atoms with E-state index in [-0.39, 0.29) is 74.0 Å². The molecule has 1 saturated heterocycles. The molecule has 0 aromatic rings. The third-order valence-corrected chi connectivity index (χ3v) is 15.0. The maximum Gasteiger partial charge on any atom is 0.306 e. The lowest BCUT2D eigenvalue weighted by Crippen LogP contribution is -2.39. The summed E-state index contributed by atoms with van der Waals surface area (Å²) in [5.41, 5.74) is 0. The molecule has 1 aliphatic heterocycles. The van der Waals surface area contributed by atoms with Gasteiger partial charge in [0.1, 0.15) is 12.2 Å².